The van der Waals surface area contributed by atoms with Crippen LogP contribution in [-0.4, -0.2) is 68.3 Å². The summed E-state index contributed by atoms with van der Waals surface area (Å²) in [6.45, 7) is 3.26. The van der Waals surface area contributed by atoms with Gasteiger partial charge in [0.2, 0.25) is 17.7 Å². The SMILES string of the molecule is CC(C)(S)[C@@H]1NC(=O)[C@H](Cc2ccccc2)NC(=O)[C@H](CS)N(C(=O)[C@@H](N)Cc2ccc(O)cc2)C1=O. The highest BCUT2D eigenvalue weighted by molar-refractivity contribution is 7.81. The molecule has 0 aromatic heterocycles. The molecule has 2 aromatic rings. The minimum Gasteiger partial charge on any atom is -0.508 e. The molecule has 3 rings (SSSR count). The second-order valence-corrected chi connectivity index (χ2v) is 11.1. The van der Waals surface area contributed by atoms with Crippen LogP contribution in [0.4, 0.5) is 0 Å². The van der Waals surface area contributed by atoms with Crippen molar-refractivity contribution in [3.8, 4) is 5.75 Å². The number of benzene rings is 2. The molecule has 11 heteroatoms. The van der Waals surface area contributed by atoms with Crippen molar-refractivity contribution >= 4 is 48.9 Å². The van der Waals surface area contributed by atoms with Crippen LogP contribution < -0.4 is 16.4 Å². The molecule has 4 amide bonds. The molecule has 1 saturated heterocycles. The minimum absolute atomic E-state index is 0.0573. The molecule has 198 valence electrons. The zero-order valence-corrected chi connectivity index (χ0v) is 22.4. The molecule has 0 bridgehead atoms. The van der Waals surface area contributed by atoms with Gasteiger partial charge in [0.15, 0.2) is 0 Å². The van der Waals surface area contributed by atoms with E-state index in [-0.39, 0.29) is 24.3 Å². The van der Waals surface area contributed by atoms with Gasteiger partial charge in [-0.1, -0.05) is 42.5 Å². The summed E-state index contributed by atoms with van der Waals surface area (Å²) in [5.41, 5.74) is 7.68. The fourth-order valence-corrected chi connectivity index (χ4v) is 4.60. The van der Waals surface area contributed by atoms with Gasteiger partial charge < -0.3 is 21.5 Å². The van der Waals surface area contributed by atoms with Crippen molar-refractivity contribution < 1.29 is 24.3 Å². The smallest absolute Gasteiger partial charge is 0.253 e. The van der Waals surface area contributed by atoms with E-state index in [9.17, 15) is 24.3 Å². The zero-order chi connectivity index (χ0) is 27.3. The Morgan fingerprint density at radius 2 is 1.65 bits per heavy atom. The largest absolute Gasteiger partial charge is 0.508 e. The third-order valence-corrected chi connectivity index (χ3v) is 6.73. The number of nitrogens with two attached hydrogens (primary N) is 1. The highest BCUT2D eigenvalue weighted by Gasteiger charge is 2.46. The summed E-state index contributed by atoms with van der Waals surface area (Å²) in [6, 6.07) is 10.6. The molecule has 0 unspecified atom stereocenters. The van der Waals surface area contributed by atoms with E-state index in [1.54, 1.807) is 26.0 Å². The monoisotopic (exact) mass is 544 g/mol. The van der Waals surface area contributed by atoms with E-state index < -0.39 is 52.5 Å². The number of phenols is 1. The van der Waals surface area contributed by atoms with Crippen molar-refractivity contribution in [2.45, 2.75) is 55.6 Å². The lowest BCUT2D eigenvalue weighted by molar-refractivity contribution is -0.153. The molecule has 0 saturated carbocycles. The molecule has 5 N–H and O–H groups in total. The number of imide groups is 1. The molecule has 37 heavy (non-hydrogen) atoms. The summed E-state index contributed by atoms with van der Waals surface area (Å²) in [5, 5.41) is 14.9. The van der Waals surface area contributed by atoms with Crippen LogP contribution in [0.2, 0.25) is 0 Å². The second-order valence-electron chi connectivity index (χ2n) is 9.57. The topological polar surface area (TPSA) is 142 Å². The Labute approximate surface area is 227 Å². The van der Waals surface area contributed by atoms with Crippen LogP contribution in [0.15, 0.2) is 54.6 Å². The molecular weight excluding hydrogens is 512 g/mol. The number of phenolic OH excluding ortho intramolecular Hbond substituents is 1. The summed E-state index contributed by atoms with van der Waals surface area (Å²) in [7, 11) is 0. The summed E-state index contributed by atoms with van der Waals surface area (Å²) in [6.07, 6.45) is 0.238. The van der Waals surface area contributed by atoms with Crippen molar-refractivity contribution in [3.63, 3.8) is 0 Å². The van der Waals surface area contributed by atoms with Crippen molar-refractivity contribution in [3.05, 3.63) is 65.7 Å². The first-order valence-electron chi connectivity index (χ1n) is 11.8. The van der Waals surface area contributed by atoms with Gasteiger partial charge in [-0.05, 0) is 43.5 Å². The lowest BCUT2D eigenvalue weighted by atomic mass is 9.98. The quantitative estimate of drug-likeness (QED) is 0.286. The van der Waals surface area contributed by atoms with Crippen LogP contribution >= 0.6 is 25.3 Å². The number of thiol groups is 2. The summed E-state index contributed by atoms with van der Waals surface area (Å²) in [5.74, 6) is -2.97. The average Bonchev–Trinajstić information content (AvgIpc) is 2.88. The minimum atomic E-state index is -1.31. The summed E-state index contributed by atoms with van der Waals surface area (Å²) >= 11 is 8.79. The number of hydrogen-bond acceptors (Lipinski definition) is 8. The number of nitrogens with one attached hydrogen (secondary N) is 2. The van der Waals surface area contributed by atoms with Gasteiger partial charge >= 0.3 is 0 Å². The molecular formula is C26H32N4O5S2. The number of aromatic hydroxyl groups is 1. The van der Waals surface area contributed by atoms with Crippen LogP contribution in [0.1, 0.15) is 25.0 Å². The molecule has 2 aromatic carbocycles. The van der Waals surface area contributed by atoms with Gasteiger partial charge in [0.25, 0.3) is 5.91 Å². The fraction of sp³-hybridized carbons (Fsp3) is 0.385. The summed E-state index contributed by atoms with van der Waals surface area (Å²) < 4.78 is -1.09. The Morgan fingerprint density at radius 1 is 1.03 bits per heavy atom. The van der Waals surface area contributed by atoms with E-state index in [0.717, 1.165) is 10.5 Å². The zero-order valence-electron chi connectivity index (χ0n) is 20.6. The Bertz CT molecular complexity index is 1140. The predicted molar refractivity (Wildman–Crippen MR) is 146 cm³/mol. The number of carbonyl (C=O) groups is 4. The van der Waals surface area contributed by atoms with Crippen LogP contribution in [0.25, 0.3) is 0 Å². The first kappa shape index (κ1) is 28.5. The van der Waals surface area contributed by atoms with Gasteiger partial charge in [0.1, 0.15) is 23.9 Å². The maximum Gasteiger partial charge on any atom is 0.253 e. The van der Waals surface area contributed by atoms with E-state index in [4.69, 9.17) is 5.73 Å². The normalized spacial score (nSPS) is 21.8. The molecule has 0 radical (unpaired) electrons. The standard InChI is InChI=1S/C26H32N4O5S2/c1-26(2,37)21-25(35)30(24(34)18(27)12-16-8-10-17(31)11-9-16)20(14-36)23(33)28-19(22(32)29-21)13-15-6-4-3-5-7-15/h3-11,18-21,31,36-37H,12-14,27H2,1-2H3,(H,28,33)(H,29,32)/t18-,19-,20-,21+/m0/s1. The van der Waals surface area contributed by atoms with Crippen molar-refractivity contribution in [2.24, 2.45) is 5.73 Å². The van der Waals surface area contributed by atoms with Crippen molar-refractivity contribution in [1.82, 2.24) is 15.5 Å². The molecule has 1 fully saturated rings. The molecule has 0 spiro atoms. The highest BCUT2D eigenvalue weighted by atomic mass is 32.1. The fourth-order valence-electron chi connectivity index (χ4n) is 4.10. The van der Waals surface area contributed by atoms with Crippen LogP contribution in [0.5, 0.6) is 5.75 Å². The second kappa shape index (κ2) is 12.0. The molecule has 0 aliphatic carbocycles. The Balaban J connectivity index is 1.98. The first-order chi connectivity index (χ1) is 17.4. The van der Waals surface area contributed by atoms with Crippen LogP contribution in [0.3, 0.4) is 0 Å². The van der Waals surface area contributed by atoms with E-state index >= 15 is 0 Å². The van der Waals surface area contributed by atoms with Gasteiger partial charge in [0.05, 0.1) is 6.04 Å². The molecule has 1 heterocycles. The number of amides is 4. The Kier molecular flexibility index (Phi) is 9.27. The van der Waals surface area contributed by atoms with Gasteiger partial charge in [-0.25, -0.2) is 0 Å². The number of carbonyl (C=O) groups excluding carboxylic acids is 4. The number of nitrogens with zero attached hydrogens (tertiary/aromatic N) is 1. The summed E-state index contributed by atoms with van der Waals surface area (Å²) in [4.78, 5) is 54.8. The lowest BCUT2D eigenvalue weighted by Gasteiger charge is -2.36. The van der Waals surface area contributed by atoms with Gasteiger partial charge in [-0.3, -0.25) is 24.1 Å². The van der Waals surface area contributed by atoms with Crippen LogP contribution in [0, 0.1) is 0 Å². The maximum absolute atomic E-state index is 13.8. The van der Waals surface area contributed by atoms with Crippen LogP contribution in [-0.2, 0) is 32.0 Å². The molecule has 1 aliphatic rings. The molecule has 4 atom stereocenters. The number of rotatable bonds is 7. The Hall–Kier alpha value is -3.02. The molecule has 9 nitrogen and oxygen atoms in total. The Morgan fingerprint density at radius 3 is 2.22 bits per heavy atom. The van der Waals surface area contributed by atoms with Gasteiger partial charge in [0, 0.05) is 16.9 Å². The van der Waals surface area contributed by atoms with Crippen molar-refractivity contribution in [1.29, 1.82) is 0 Å². The molecule has 1 aliphatic heterocycles. The number of hydrogen-bond donors (Lipinski definition) is 6. The van der Waals surface area contributed by atoms with E-state index in [1.807, 2.05) is 30.3 Å². The third kappa shape index (κ3) is 7.06. The van der Waals surface area contributed by atoms with Crippen molar-refractivity contribution in [2.75, 3.05) is 5.75 Å². The van der Waals surface area contributed by atoms with E-state index in [2.05, 4.69) is 35.9 Å². The van der Waals surface area contributed by atoms with E-state index in [1.165, 1.54) is 12.1 Å². The maximum atomic E-state index is 13.8. The highest BCUT2D eigenvalue weighted by Crippen LogP contribution is 2.23. The van der Waals surface area contributed by atoms with E-state index in [0.29, 0.717) is 5.56 Å². The van der Waals surface area contributed by atoms with Gasteiger partial charge in [-0.15, -0.1) is 0 Å². The average molecular weight is 545 g/mol. The lowest BCUT2D eigenvalue weighted by Crippen LogP contribution is -2.63. The van der Waals surface area contributed by atoms with Gasteiger partial charge in [-0.2, -0.15) is 25.3 Å². The third-order valence-electron chi connectivity index (χ3n) is 6.13. The first-order valence-corrected chi connectivity index (χ1v) is 12.9. The predicted octanol–water partition coefficient (Wildman–Crippen LogP) is 0.850.